The van der Waals surface area contributed by atoms with Crippen LogP contribution in [0.25, 0.3) is 0 Å². The quantitative estimate of drug-likeness (QED) is 0.817. The van der Waals surface area contributed by atoms with Crippen LogP contribution in [0.3, 0.4) is 0 Å². The molecule has 2 aromatic carbocycles. The molecule has 132 valence electrons. The number of rotatable bonds is 3. The van der Waals surface area contributed by atoms with E-state index in [-0.39, 0.29) is 10.9 Å². The summed E-state index contributed by atoms with van der Waals surface area (Å²) < 4.78 is 38.8. The van der Waals surface area contributed by atoms with Crippen LogP contribution in [0.4, 0.5) is 0 Å². The first-order valence-corrected chi connectivity index (χ1v) is 10.0. The van der Waals surface area contributed by atoms with E-state index in [2.05, 4.69) is 0 Å². The minimum atomic E-state index is -3.57. The van der Waals surface area contributed by atoms with E-state index >= 15 is 0 Å². The zero-order chi connectivity index (χ0) is 17.4. The molecule has 2 aliphatic heterocycles. The summed E-state index contributed by atoms with van der Waals surface area (Å²) in [5, 5.41) is 0.517. The first-order chi connectivity index (χ1) is 12.1. The highest BCUT2D eigenvalue weighted by Crippen LogP contribution is 2.40. The van der Waals surface area contributed by atoms with E-state index in [1.165, 1.54) is 0 Å². The van der Waals surface area contributed by atoms with Gasteiger partial charge in [-0.05, 0) is 54.8 Å². The van der Waals surface area contributed by atoms with Crippen LogP contribution in [0.2, 0.25) is 5.02 Å². The second-order valence-corrected chi connectivity index (χ2v) is 8.46. The molecular formula is C18H18ClNO4S. The number of halogens is 1. The van der Waals surface area contributed by atoms with Gasteiger partial charge in [0, 0.05) is 11.6 Å². The highest BCUT2D eigenvalue weighted by molar-refractivity contribution is 7.89. The van der Waals surface area contributed by atoms with Crippen LogP contribution >= 0.6 is 11.6 Å². The predicted octanol–water partition coefficient (Wildman–Crippen LogP) is 3.64. The largest absolute Gasteiger partial charge is 0.486 e. The standard InChI is InChI=1S/C18H18ClNO4S/c19-14-4-6-15(7-5-14)25(21,22)20-9-1-2-16(20)13-3-8-17-18(12-13)24-11-10-23-17/h3-8,12,16H,1-2,9-11H2. The molecule has 1 atom stereocenters. The van der Waals surface area contributed by atoms with Gasteiger partial charge in [-0.2, -0.15) is 4.31 Å². The molecule has 0 saturated carbocycles. The van der Waals surface area contributed by atoms with Gasteiger partial charge < -0.3 is 9.47 Å². The average Bonchev–Trinajstić information content (AvgIpc) is 3.12. The smallest absolute Gasteiger partial charge is 0.243 e. The molecule has 0 radical (unpaired) electrons. The Morgan fingerprint density at radius 3 is 2.48 bits per heavy atom. The summed E-state index contributed by atoms with van der Waals surface area (Å²) >= 11 is 5.88. The molecule has 0 aliphatic carbocycles. The molecule has 1 saturated heterocycles. The molecule has 0 N–H and O–H groups in total. The SMILES string of the molecule is O=S(=O)(c1ccc(Cl)cc1)N1CCCC1c1ccc2c(c1)OCCO2. The molecule has 4 rings (SSSR count). The number of ether oxygens (including phenoxy) is 2. The summed E-state index contributed by atoms with van der Waals surface area (Å²) in [5.74, 6) is 1.39. The third kappa shape index (κ3) is 3.10. The van der Waals surface area contributed by atoms with Gasteiger partial charge >= 0.3 is 0 Å². The van der Waals surface area contributed by atoms with E-state index < -0.39 is 10.0 Å². The Labute approximate surface area is 152 Å². The van der Waals surface area contributed by atoms with Crippen molar-refractivity contribution in [3.05, 3.63) is 53.1 Å². The second kappa shape index (κ2) is 6.52. The maximum absolute atomic E-state index is 13.0. The lowest BCUT2D eigenvalue weighted by Crippen LogP contribution is -2.30. The van der Waals surface area contributed by atoms with Crippen LogP contribution < -0.4 is 9.47 Å². The number of nitrogens with zero attached hydrogens (tertiary/aromatic N) is 1. The fourth-order valence-corrected chi connectivity index (χ4v) is 5.18. The topological polar surface area (TPSA) is 55.8 Å². The third-order valence-corrected chi connectivity index (χ3v) is 6.75. The number of benzene rings is 2. The third-order valence-electron chi connectivity index (χ3n) is 4.57. The molecule has 2 aromatic rings. The minimum Gasteiger partial charge on any atom is -0.486 e. The number of hydrogen-bond donors (Lipinski definition) is 0. The van der Waals surface area contributed by atoms with Gasteiger partial charge in [-0.1, -0.05) is 17.7 Å². The Hall–Kier alpha value is -1.76. The highest BCUT2D eigenvalue weighted by Gasteiger charge is 2.36. The van der Waals surface area contributed by atoms with Gasteiger partial charge in [0.15, 0.2) is 11.5 Å². The lowest BCUT2D eigenvalue weighted by atomic mass is 10.0. The fraction of sp³-hybridized carbons (Fsp3) is 0.333. The summed E-state index contributed by atoms with van der Waals surface area (Å²) in [5.41, 5.74) is 0.930. The van der Waals surface area contributed by atoms with Gasteiger partial charge in [-0.25, -0.2) is 8.42 Å². The molecule has 1 fully saturated rings. The van der Waals surface area contributed by atoms with Crippen LogP contribution in [0.5, 0.6) is 11.5 Å². The molecular weight excluding hydrogens is 362 g/mol. The highest BCUT2D eigenvalue weighted by atomic mass is 35.5. The molecule has 2 aliphatic rings. The van der Waals surface area contributed by atoms with Crippen LogP contribution in [0, 0.1) is 0 Å². The Kier molecular flexibility index (Phi) is 4.35. The Balaban J connectivity index is 1.67. The monoisotopic (exact) mass is 379 g/mol. The first-order valence-electron chi connectivity index (χ1n) is 8.23. The number of sulfonamides is 1. The van der Waals surface area contributed by atoms with Gasteiger partial charge in [0.2, 0.25) is 10.0 Å². The van der Waals surface area contributed by atoms with E-state index in [0.29, 0.717) is 36.3 Å². The fourth-order valence-electron chi connectivity index (χ4n) is 3.37. The number of fused-ring (bicyclic) bond motifs is 1. The molecule has 7 heteroatoms. The van der Waals surface area contributed by atoms with Crippen molar-refractivity contribution < 1.29 is 17.9 Å². The van der Waals surface area contributed by atoms with E-state index in [1.54, 1.807) is 28.6 Å². The van der Waals surface area contributed by atoms with Crippen molar-refractivity contribution in [2.75, 3.05) is 19.8 Å². The lowest BCUT2D eigenvalue weighted by Gasteiger charge is -2.26. The van der Waals surface area contributed by atoms with Crippen molar-refractivity contribution in [2.24, 2.45) is 0 Å². The molecule has 25 heavy (non-hydrogen) atoms. The lowest BCUT2D eigenvalue weighted by molar-refractivity contribution is 0.171. The van der Waals surface area contributed by atoms with E-state index in [1.807, 2.05) is 18.2 Å². The van der Waals surface area contributed by atoms with E-state index in [0.717, 1.165) is 18.4 Å². The molecule has 0 amide bonds. The van der Waals surface area contributed by atoms with Gasteiger partial charge in [0.1, 0.15) is 13.2 Å². The van der Waals surface area contributed by atoms with Crippen LogP contribution in [0.1, 0.15) is 24.4 Å². The molecule has 1 unspecified atom stereocenters. The van der Waals surface area contributed by atoms with Crippen molar-refractivity contribution in [2.45, 2.75) is 23.8 Å². The van der Waals surface area contributed by atoms with Crippen molar-refractivity contribution in [1.82, 2.24) is 4.31 Å². The van der Waals surface area contributed by atoms with Gasteiger partial charge in [-0.15, -0.1) is 0 Å². The van der Waals surface area contributed by atoms with Crippen LogP contribution in [0.15, 0.2) is 47.4 Å². The van der Waals surface area contributed by atoms with Gasteiger partial charge in [0.05, 0.1) is 10.9 Å². The van der Waals surface area contributed by atoms with E-state index in [4.69, 9.17) is 21.1 Å². The zero-order valence-corrected chi connectivity index (χ0v) is 15.1. The minimum absolute atomic E-state index is 0.198. The van der Waals surface area contributed by atoms with Crippen molar-refractivity contribution in [3.63, 3.8) is 0 Å². The first kappa shape index (κ1) is 16.7. The molecule has 2 heterocycles. The average molecular weight is 380 g/mol. The zero-order valence-electron chi connectivity index (χ0n) is 13.5. The summed E-state index contributed by atoms with van der Waals surface area (Å²) in [7, 11) is -3.57. The van der Waals surface area contributed by atoms with Gasteiger partial charge in [0.25, 0.3) is 0 Å². The summed E-state index contributed by atoms with van der Waals surface area (Å²) in [4.78, 5) is 0.265. The molecule has 0 aromatic heterocycles. The summed E-state index contributed by atoms with van der Waals surface area (Å²) in [6.07, 6.45) is 1.61. The van der Waals surface area contributed by atoms with Crippen molar-refractivity contribution in [3.8, 4) is 11.5 Å². The van der Waals surface area contributed by atoms with Crippen LogP contribution in [-0.4, -0.2) is 32.5 Å². The maximum Gasteiger partial charge on any atom is 0.243 e. The van der Waals surface area contributed by atoms with Crippen LogP contribution in [-0.2, 0) is 10.0 Å². The van der Waals surface area contributed by atoms with E-state index in [9.17, 15) is 8.42 Å². The number of hydrogen-bond acceptors (Lipinski definition) is 4. The summed E-state index contributed by atoms with van der Waals surface area (Å²) in [6.45, 7) is 1.55. The molecule has 0 bridgehead atoms. The van der Waals surface area contributed by atoms with Crippen molar-refractivity contribution >= 4 is 21.6 Å². The van der Waals surface area contributed by atoms with Gasteiger partial charge in [-0.3, -0.25) is 0 Å². The second-order valence-electron chi connectivity index (χ2n) is 6.13. The van der Waals surface area contributed by atoms with Crippen molar-refractivity contribution in [1.29, 1.82) is 0 Å². The maximum atomic E-state index is 13.0. The Morgan fingerprint density at radius 1 is 1.00 bits per heavy atom. The Morgan fingerprint density at radius 2 is 1.72 bits per heavy atom. The summed E-state index contributed by atoms with van der Waals surface area (Å²) in [6, 6.07) is 11.8. The molecule has 5 nitrogen and oxygen atoms in total. The normalized spacial score (nSPS) is 20.6. The molecule has 0 spiro atoms. The predicted molar refractivity (Wildman–Crippen MR) is 94.8 cm³/mol. The Bertz CT molecular complexity index is 882.